The van der Waals surface area contributed by atoms with Gasteiger partial charge >= 0.3 is 6.03 Å². The summed E-state index contributed by atoms with van der Waals surface area (Å²) in [5.41, 5.74) is 5.76. The number of hydrogen-bond acceptors (Lipinski definition) is 5. The third kappa shape index (κ3) is 3.70. The van der Waals surface area contributed by atoms with Gasteiger partial charge in [0.2, 0.25) is 5.91 Å². The molecule has 8 nitrogen and oxygen atoms in total. The Morgan fingerprint density at radius 2 is 2.07 bits per heavy atom. The smallest absolute Gasteiger partial charge is 0.325 e. The van der Waals surface area contributed by atoms with Crippen molar-refractivity contribution in [2.75, 3.05) is 24.7 Å². The van der Waals surface area contributed by atoms with E-state index in [1.807, 2.05) is 0 Å². The summed E-state index contributed by atoms with van der Waals surface area (Å²) in [5.74, 6) is 0.336. The first-order valence-corrected chi connectivity index (χ1v) is 9.26. The van der Waals surface area contributed by atoms with Crippen molar-refractivity contribution in [1.82, 2.24) is 10.2 Å². The molecule has 0 aromatic heterocycles. The van der Waals surface area contributed by atoms with Gasteiger partial charge in [-0.25, -0.2) is 4.79 Å². The number of nitrogen functional groups attached to an aromatic ring is 1. The average Bonchev–Trinajstić information content (AvgIpc) is 2.88. The summed E-state index contributed by atoms with van der Waals surface area (Å²) in [6, 6.07) is 4.37. The number of imide groups is 1. The molecule has 1 aromatic carbocycles. The van der Waals surface area contributed by atoms with Crippen LogP contribution in [-0.4, -0.2) is 41.9 Å². The average molecular weight is 374 g/mol. The SMILES string of the molecule is CCC1CCC2(CC1)NC(=O)N(CC(=O)Nc1cc(OC)ccc1N)C2=O. The molecule has 1 heterocycles. The normalized spacial score (nSPS) is 24.8. The summed E-state index contributed by atoms with van der Waals surface area (Å²) < 4.78 is 5.12. The maximum absolute atomic E-state index is 12.9. The number of nitrogens with two attached hydrogens (primary N) is 1. The molecule has 2 fully saturated rings. The lowest BCUT2D eigenvalue weighted by molar-refractivity contribution is -0.135. The van der Waals surface area contributed by atoms with Crippen molar-refractivity contribution in [2.45, 2.75) is 44.6 Å². The Labute approximate surface area is 158 Å². The first-order valence-electron chi connectivity index (χ1n) is 9.26. The zero-order valence-electron chi connectivity index (χ0n) is 15.7. The van der Waals surface area contributed by atoms with Crippen LogP contribution in [0, 0.1) is 5.92 Å². The van der Waals surface area contributed by atoms with E-state index in [9.17, 15) is 14.4 Å². The number of hydrogen-bond donors (Lipinski definition) is 3. The number of rotatable bonds is 5. The highest BCUT2D eigenvalue weighted by Gasteiger charge is 2.52. The van der Waals surface area contributed by atoms with E-state index in [1.54, 1.807) is 18.2 Å². The summed E-state index contributed by atoms with van der Waals surface area (Å²) in [5, 5.41) is 5.47. The second kappa shape index (κ2) is 7.46. The van der Waals surface area contributed by atoms with Crippen molar-refractivity contribution >= 4 is 29.2 Å². The lowest BCUT2D eigenvalue weighted by Crippen LogP contribution is -2.49. The number of carbonyl (C=O) groups is 3. The van der Waals surface area contributed by atoms with Crippen LogP contribution in [0.15, 0.2) is 18.2 Å². The van der Waals surface area contributed by atoms with E-state index in [0.717, 1.165) is 24.2 Å². The molecular formula is C19H26N4O4. The van der Waals surface area contributed by atoms with Gasteiger partial charge in [-0.2, -0.15) is 0 Å². The van der Waals surface area contributed by atoms with Crippen LogP contribution >= 0.6 is 0 Å². The maximum atomic E-state index is 12.9. The minimum Gasteiger partial charge on any atom is -0.497 e. The van der Waals surface area contributed by atoms with Crippen molar-refractivity contribution in [1.29, 1.82) is 0 Å². The van der Waals surface area contributed by atoms with E-state index < -0.39 is 17.5 Å². The van der Waals surface area contributed by atoms with Gasteiger partial charge in [-0.1, -0.05) is 13.3 Å². The van der Waals surface area contributed by atoms with Gasteiger partial charge in [-0.3, -0.25) is 14.5 Å². The summed E-state index contributed by atoms with van der Waals surface area (Å²) in [4.78, 5) is 38.6. The Bertz CT molecular complexity index is 756. The lowest BCUT2D eigenvalue weighted by Gasteiger charge is -2.34. The molecule has 0 bridgehead atoms. The van der Waals surface area contributed by atoms with Crippen LogP contribution in [0.2, 0.25) is 0 Å². The number of nitrogens with zero attached hydrogens (tertiary/aromatic N) is 1. The molecule has 1 aliphatic carbocycles. The van der Waals surface area contributed by atoms with Crippen molar-refractivity contribution in [3.8, 4) is 5.75 Å². The van der Waals surface area contributed by atoms with Crippen molar-refractivity contribution in [3.05, 3.63) is 18.2 Å². The number of benzene rings is 1. The van der Waals surface area contributed by atoms with Crippen LogP contribution in [-0.2, 0) is 9.59 Å². The number of carbonyl (C=O) groups excluding carboxylic acids is 3. The minimum absolute atomic E-state index is 0.309. The number of nitrogens with one attached hydrogen (secondary N) is 2. The first kappa shape index (κ1) is 19.0. The third-order valence-electron chi connectivity index (χ3n) is 5.62. The molecule has 1 aromatic rings. The van der Waals surface area contributed by atoms with Crippen molar-refractivity contribution < 1.29 is 19.1 Å². The van der Waals surface area contributed by atoms with Crippen LogP contribution in [0.4, 0.5) is 16.2 Å². The fourth-order valence-electron chi connectivity index (χ4n) is 3.84. The van der Waals surface area contributed by atoms with Gasteiger partial charge in [0.25, 0.3) is 5.91 Å². The summed E-state index contributed by atoms with van der Waals surface area (Å²) in [7, 11) is 1.51. The van der Waals surface area contributed by atoms with Crippen LogP contribution < -0.4 is 21.1 Å². The standard InChI is InChI=1S/C19H26N4O4/c1-3-12-6-8-19(9-7-12)17(25)23(18(26)22-19)11-16(24)21-15-10-13(27-2)4-5-14(15)20/h4-5,10,12H,3,6-9,11,20H2,1-2H3,(H,21,24)(H,22,26). The third-order valence-corrected chi connectivity index (χ3v) is 5.62. The second-order valence-electron chi connectivity index (χ2n) is 7.26. The largest absolute Gasteiger partial charge is 0.497 e. The number of urea groups is 1. The van der Waals surface area contributed by atoms with Gasteiger partial charge in [-0.05, 0) is 43.7 Å². The Balaban J connectivity index is 1.66. The molecule has 0 radical (unpaired) electrons. The molecule has 4 N–H and O–H groups in total. The highest BCUT2D eigenvalue weighted by Crippen LogP contribution is 2.37. The lowest BCUT2D eigenvalue weighted by atomic mass is 9.75. The van der Waals surface area contributed by atoms with Gasteiger partial charge in [0.15, 0.2) is 0 Å². The molecule has 1 spiro atoms. The highest BCUT2D eigenvalue weighted by molar-refractivity contribution is 6.10. The van der Waals surface area contributed by atoms with E-state index >= 15 is 0 Å². The molecule has 1 saturated carbocycles. The molecular weight excluding hydrogens is 348 g/mol. The van der Waals surface area contributed by atoms with Crippen LogP contribution in [0.1, 0.15) is 39.0 Å². The quantitative estimate of drug-likeness (QED) is 0.539. The maximum Gasteiger partial charge on any atom is 0.325 e. The molecule has 3 rings (SSSR count). The number of methoxy groups -OCH3 is 1. The van der Waals surface area contributed by atoms with Gasteiger partial charge in [0.05, 0.1) is 18.5 Å². The van der Waals surface area contributed by atoms with Crippen molar-refractivity contribution in [3.63, 3.8) is 0 Å². The molecule has 1 aliphatic heterocycles. The van der Waals surface area contributed by atoms with Gasteiger partial charge in [0, 0.05) is 6.07 Å². The second-order valence-corrected chi connectivity index (χ2v) is 7.26. The van der Waals surface area contributed by atoms with E-state index in [2.05, 4.69) is 17.6 Å². The Hall–Kier alpha value is -2.77. The molecule has 4 amide bonds. The molecule has 2 aliphatic rings. The fraction of sp³-hybridized carbons (Fsp3) is 0.526. The van der Waals surface area contributed by atoms with Crippen LogP contribution in [0.25, 0.3) is 0 Å². The molecule has 8 heteroatoms. The van der Waals surface area contributed by atoms with Gasteiger partial charge in [0.1, 0.15) is 17.8 Å². The van der Waals surface area contributed by atoms with E-state index in [1.165, 1.54) is 7.11 Å². The zero-order chi connectivity index (χ0) is 19.6. The van der Waals surface area contributed by atoms with E-state index in [4.69, 9.17) is 10.5 Å². The first-order chi connectivity index (χ1) is 12.9. The Morgan fingerprint density at radius 3 is 2.70 bits per heavy atom. The topological polar surface area (TPSA) is 114 Å². The van der Waals surface area contributed by atoms with Gasteiger partial charge < -0.3 is 21.1 Å². The fourth-order valence-corrected chi connectivity index (χ4v) is 3.84. The molecule has 146 valence electrons. The molecule has 0 atom stereocenters. The predicted molar refractivity (Wildman–Crippen MR) is 101 cm³/mol. The zero-order valence-corrected chi connectivity index (χ0v) is 15.7. The summed E-state index contributed by atoms with van der Waals surface area (Å²) >= 11 is 0. The predicted octanol–water partition coefficient (Wildman–Crippen LogP) is 2.11. The highest BCUT2D eigenvalue weighted by atomic mass is 16.5. The number of amides is 4. The number of ether oxygens (including phenoxy) is 1. The van der Waals surface area contributed by atoms with E-state index in [-0.39, 0.29) is 12.5 Å². The van der Waals surface area contributed by atoms with Crippen LogP contribution in [0.3, 0.4) is 0 Å². The number of anilines is 2. The summed E-state index contributed by atoms with van der Waals surface area (Å²) in [6.07, 6.45) is 4.13. The Kier molecular flexibility index (Phi) is 5.25. The van der Waals surface area contributed by atoms with Crippen molar-refractivity contribution in [2.24, 2.45) is 5.92 Å². The monoisotopic (exact) mass is 374 g/mol. The van der Waals surface area contributed by atoms with E-state index in [0.29, 0.717) is 35.9 Å². The molecule has 27 heavy (non-hydrogen) atoms. The van der Waals surface area contributed by atoms with Gasteiger partial charge in [-0.15, -0.1) is 0 Å². The minimum atomic E-state index is -0.849. The summed E-state index contributed by atoms with van der Waals surface area (Å²) in [6.45, 7) is 1.79. The van der Waals surface area contributed by atoms with Crippen LogP contribution in [0.5, 0.6) is 5.75 Å². The molecule has 1 saturated heterocycles. The molecule has 0 unspecified atom stereocenters. The Morgan fingerprint density at radius 1 is 1.37 bits per heavy atom.